The van der Waals surface area contributed by atoms with Gasteiger partial charge in [-0.15, -0.1) is 0 Å². The van der Waals surface area contributed by atoms with Crippen molar-refractivity contribution < 1.29 is 13.3 Å². The van der Waals surface area contributed by atoms with Gasteiger partial charge in [-0.25, -0.2) is 23.1 Å². The van der Waals surface area contributed by atoms with Crippen molar-refractivity contribution in [2.45, 2.75) is 18.0 Å². The highest BCUT2D eigenvalue weighted by Gasteiger charge is 2.19. The van der Waals surface area contributed by atoms with Crippen LogP contribution >= 0.6 is 0 Å². The number of nitrogens with one attached hydrogen (secondary N) is 2. The Bertz CT molecular complexity index is 835. The van der Waals surface area contributed by atoms with E-state index in [1.165, 1.54) is 0 Å². The van der Waals surface area contributed by atoms with Gasteiger partial charge in [-0.3, -0.25) is 10.1 Å². The molecule has 9 nitrogen and oxygen atoms in total. The first-order valence-electron chi connectivity index (χ1n) is 6.28. The fraction of sp³-hybridized carbons (Fsp3) is 0.167. The maximum Gasteiger partial charge on any atom is 0.269 e. The number of nitro benzene ring substituents is 1. The van der Waals surface area contributed by atoms with Crippen molar-refractivity contribution in [1.29, 1.82) is 0 Å². The lowest BCUT2D eigenvalue weighted by Crippen LogP contribution is -2.15. The van der Waals surface area contributed by atoms with Crippen LogP contribution in [0.3, 0.4) is 0 Å². The fourth-order valence-corrected chi connectivity index (χ4v) is 2.98. The maximum absolute atomic E-state index is 12.2. The highest BCUT2D eigenvalue weighted by atomic mass is 32.2. The summed E-state index contributed by atoms with van der Waals surface area (Å²) in [6.45, 7) is 1.22. The Morgan fingerprint density at radius 1 is 1.23 bits per heavy atom. The molecular formula is C12H11N5O4S. The molecule has 2 N–H and O–H groups in total. The van der Waals surface area contributed by atoms with Crippen LogP contribution in [0.5, 0.6) is 0 Å². The van der Waals surface area contributed by atoms with Gasteiger partial charge in [0.25, 0.3) is 15.7 Å². The molecule has 3 rings (SSSR count). The third-order valence-electron chi connectivity index (χ3n) is 3.15. The summed E-state index contributed by atoms with van der Waals surface area (Å²) >= 11 is 0. The molecule has 0 aliphatic carbocycles. The van der Waals surface area contributed by atoms with Gasteiger partial charge in [-0.05, 0) is 12.1 Å². The molecule has 1 aromatic heterocycles. The summed E-state index contributed by atoms with van der Waals surface area (Å²) in [7, 11) is -3.89. The zero-order chi connectivity index (χ0) is 15.7. The number of hydrogen-bond acceptors (Lipinski definition) is 7. The standard InChI is InChI=1S/C12H11N5O4S/c18-17(19)9-1-3-10(4-2-9)22(20,21)16-12-14-6-8-5-13-7-11(8)15-12/h1-4,6,13H,5,7H2,(H,14,15,16). The van der Waals surface area contributed by atoms with Crippen LogP contribution < -0.4 is 10.0 Å². The van der Waals surface area contributed by atoms with Crippen molar-refractivity contribution in [2.75, 3.05) is 4.72 Å². The van der Waals surface area contributed by atoms with Gasteiger partial charge in [0.2, 0.25) is 5.95 Å². The minimum atomic E-state index is -3.89. The van der Waals surface area contributed by atoms with Crippen molar-refractivity contribution in [2.24, 2.45) is 0 Å². The Morgan fingerprint density at radius 2 is 1.95 bits per heavy atom. The van der Waals surface area contributed by atoms with Crippen molar-refractivity contribution in [3.63, 3.8) is 0 Å². The zero-order valence-corrected chi connectivity index (χ0v) is 12.0. The molecule has 2 heterocycles. The third-order valence-corrected chi connectivity index (χ3v) is 4.49. The molecule has 1 aliphatic heterocycles. The number of nitrogens with zero attached hydrogens (tertiary/aromatic N) is 3. The first-order chi connectivity index (χ1) is 10.5. The van der Waals surface area contributed by atoms with E-state index < -0.39 is 14.9 Å². The topological polar surface area (TPSA) is 127 Å². The molecule has 1 aromatic carbocycles. The fourth-order valence-electron chi connectivity index (χ4n) is 2.03. The molecular weight excluding hydrogens is 310 g/mol. The van der Waals surface area contributed by atoms with Gasteiger partial charge in [-0.1, -0.05) is 0 Å². The summed E-state index contributed by atoms with van der Waals surface area (Å²) in [6.07, 6.45) is 1.57. The molecule has 0 saturated heterocycles. The number of aromatic nitrogens is 2. The Balaban J connectivity index is 1.85. The third kappa shape index (κ3) is 2.73. The van der Waals surface area contributed by atoms with Gasteiger partial charge in [0.1, 0.15) is 0 Å². The van der Waals surface area contributed by atoms with Crippen LogP contribution in [-0.4, -0.2) is 23.3 Å². The summed E-state index contributed by atoms with van der Waals surface area (Å²) < 4.78 is 26.7. The lowest BCUT2D eigenvalue weighted by Gasteiger charge is -2.07. The van der Waals surface area contributed by atoms with Gasteiger partial charge >= 0.3 is 0 Å². The van der Waals surface area contributed by atoms with Gasteiger partial charge in [0.05, 0.1) is 15.5 Å². The SMILES string of the molecule is O=[N+]([O-])c1ccc(S(=O)(=O)Nc2ncc3c(n2)CNC3)cc1. The van der Waals surface area contributed by atoms with Gasteiger partial charge in [-0.2, -0.15) is 0 Å². The van der Waals surface area contributed by atoms with Crippen LogP contribution in [0.4, 0.5) is 11.6 Å². The van der Waals surface area contributed by atoms with E-state index in [1.807, 2.05) is 0 Å². The molecule has 0 spiro atoms. The molecule has 0 unspecified atom stereocenters. The van der Waals surface area contributed by atoms with E-state index in [0.717, 1.165) is 35.5 Å². The summed E-state index contributed by atoms with van der Waals surface area (Å²) in [5.74, 6) is -0.0270. The number of rotatable bonds is 4. The smallest absolute Gasteiger partial charge is 0.269 e. The van der Waals surface area contributed by atoms with E-state index in [2.05, 4.69) is 20.0 Å². The lowest BCUT2D eigenvalue weighted by molar-refractivity contribution is -0.384. The Kier molecular flexibility index (Phi) is 3.47. The van der Waals surface area contributed by atoms with E-state index in [4.69, 9.17) is 0 Å². The molecule has 0 atom stereocenters. The van der Waals surface area contributed by atoms with Crippen molar-refractivity contribution >= 4 is 21.7 Å². The Morgan fingerprint density at radius 3 is 2.64 bits per heavy atom. The summed E-state index contributed by atoms with van der Waals surface area (Å²) in [5.41, 5.74) is 1.49. The van der Waals surface area contributed by atoms with E-state index in [9.17, 15) is 18.5 Å². The molecule has 0 amide bonds. The predicted octanol–water partition coefficient (Wildman–Crippen LogP) is 0.789. The number of sulfonamides is 1. The van der Waals surface area contributed by atoms with Crippen LogP contribution in [0.1, 0.15) is 11.3 Å². The summed E-state index contributed by atoms with van der Waals surface area (Å²) in [4.78, 5) is 18.0. The summed E-state index contributed by atoms with van der Waals surface area (Å²) in [6, 6.07) is 4.58. The van der Waals surface area contributed by atoms with E-state index in [0.29, 0.717) is 13.1 Å². The second kappa shape index (κ2) is 5.31. The first-order valence-corrected chi connectivity index (χ1v) is 7.77. The molecule has 0 bridgehead atoms. The molecule has 2 aromatic rings. The van der Waals surface area contributed by atoms with Gasteiger partial charge < -0.3 is 5.32 Å². The van der Waals surface area contributed by atoms with Crippen molar-refractivity contribution in [1.82, 2.24) is 15.3 Å². The van der Waals surface area contributed by atoms with Gasteiger partial charge in [0.15, 0.2) is 0 Å². The molecule has 0 saturated carbocycles. The molecule has 22 heavy (non-hydrogen) atoms. The van der Waals surface area contributed by atoms with Crippen molar-refractivity contribution in [3.8, 4) is 0 Å². The average molecular weight is 321 g/mol. The van der Waals surface area contributed by atoms with E-state index >= 15 is 0 Å². The highest BCUT2D eigenvalue weighted by molar-refractivity contribution is 7.92. The second-order valence-corrected chi connectivity index (χ2v) is 6.31. The normalized spacial score (nSPS) is 13.6. The number of nitro groups is 1. The van der Waals surface area contributed by atoms with Crippen LogP contribution in [0.15, 0.2) is 35.4 Å². The maximum atomic E-state index is 12.2. The molecule has 114 valence electrons. The molecule has 0 radical (unpaired) electrons. The van der Waals surface area contributed by atoms with E-state index in [-0.39, 0.29) is 16.5 Å². The predicted molar refractivity (Wildman–Crippen MR) is 76.5 cm³/mol. The molecule has 1 aliphatic rings. The molecule has 0 fully saturated rings. The van der Waals surface area contributed by atoms with Gasteiger partial charge in [0, 0.05) is 37.0 Å². The quantitative estimate of drug-likeness (QED) is 0.629. The first kappa shape index (κ1) is 14.4. The van der Waals surface area contributed by atoms with Crippen molar-refractivity contribution in [3.05, 3.63) is 51.8 Å². The Labute approximate surface area is 125 Å². The minimum Gasteiger partial charge on any atom is -0.307 e. The zero-order valence-electron chi connectivity index (χ0n) is 11.2. The van der Waals surface area contributed by atoms with Crippen LogP contribution in [0, 0.1) is 10.1 Å². The minimum absolute atomic E-state index is 0.0270. The number of hydrogen-bond donors (Lipinski definition) is 2. The largest absolute Gasteiger partial charge is 0.307 e. The number of fused-ring (bicyclic) bond motifs is 1. The van der Waals surface area contributed by atoms with E-state index in [1.54, 1.807) is 6.20 Å². The Hall–Kier alpha value is -2.59. The summed E-state index contributed by atoms with van der Waals surface area (Å²) in [5, 5.41) is 13.7. The number of non-ortho nitro benzene ring substituents is 1. The molecule has 10 heteroatoms. The lowest BCUT2D eigenvalue weighted by atomic mass is 10.3. The number of benzene rings is 1. The monoisotopic (exact) mass is 321 g/mol. The highest BCUT2D eigenvalue weighted by Crippen LogP contribution is 2.19. The van der Waals surface area contributed by atoms with Crippen LogP contribution in [-0.2, 0) is 23.1 Å². The average Bonchev–Trinajstić information content (AvgIpc) is 2.94. The number of anilines is 1. The van der Waals surface area contributed by atoms with Crippen LogP contribution in [0.25, 0.3) is 0 Å². The van der Waals surface area contributed by atoms with Crippen LogP contribution in [0.2, 0.25) is 0 Å². The second-order valence-electron chi connectivity index (χ2n) is 4.63.